The van der Waals surface area contributed by atoms with Gasteiger partial charge in [-0.15, -0.1) is 0 Å². The summed E-state index contributed by atoms with van der Waals surface area (Å²) in [4.78, 5) is 13.0. The minimum atomic E-state index is -0.0334. The molecule has 1 heterocycles. The molecule has 156 valence electrons. The second-order valence-electron chi connectivity index (χ2n) is 9.23. The third-order valence-corrected chi connectivity index (χ3v) is 8.33. The van der Waals surface area contributed by atoms with Crippen LogP contribution in [0.2, 0.25) is 0 Å². The largest absolute Gasteiger partial charge is 0.378 e. The highest BCUT2D eigenvalue weighted by molar-refractivity contribution is 14.1. The molecule has 2 fully saturated rings. The molecule has 3 nitrogen and oxygen atoms in total. The maximum Gasteiger partial charge on any atom is 0.255 e. The Balaban J connectivity index is 1.34. The first-order valence-electron chi connectivity index (χ1n) is 11.2. The predicted molar refractivity (Wildman–Crippen MR) is 133 cm³/mol. The minimum Gasteiger partial charge on any atom is -0.378 e. The average Bonchev–Trinajstić information content (AvgIpc) is 3.43. The second-order valence-corrected chi connectivity index (χ2v) is 10.5. The zero-order chi connectivity index (χ0) is 20.9. The maximum atomic E-state index is 13.0. The fourth-order valence-electron chi connectivity index (χ4n) is 6.35. The van der Waals surface area contributed by atoms with Crippen LogP contribution in [0.1, 0.15) is 52.7 Å². The molecule has 1 amide bonds. The van der Waals surface area contributed by atoms with Crippen LogP contribution in [0.25, 0.3) is 0 Å². The summed E-state index contributed by atoms with van der Waals surface area (Å²) in [6, 6.07) is 25.4. The fraction of sp³-hybridized carbons (Fsp3) is 0.296. The number of benzene rings is 3. The molecule has 3 aliphatic rings. The van der Waals surface area contributed by atoms with Gasteiger partial charge in [0, 0.05) is 20.5 Å². The van der Waals surface area contributed by atoms with Crippen LogP contribution in [0, 0.1) is 21.3 Å². The van der Waals surface area contributed by atoms with E-state index < -0.39 is 0 Å². The van der Waals surface area contributed by atoms with E-state index in [0.717, 1.165) is 26.7 Å². The van der Waals surface area contributed by atoms with Crippen LogP contribution in [0.4, 0.5) is 11.4 Å². The van der Waals surface area contributed by atoms with Crippen molar-refractivity contribution in [1.82, 2.24) is 0 Å². The minimum absolute atomic E-state index is 0.0334. The standard InChI is InChI=1S/C27H25IN2O/c28-20-9-11-21(12-10-20)29-27(31)19-8-13-23-22(15-19)24-17-6-7-18(14-17)25(24)26(30-23)16-4-2-1-3-5-16/h1-5,8-13,15,17-18,24-26,30H,6-7,14H2,(H,29,31)/t17-,18-,24-,25+,26-/m0/s1. The fourth-order valence-corrected chi connectivity index (χ4v) is 6.71. The van der Waals surface area contributed by atoms with Crippen LogP contribution in [0.3, 0.4) is 0 Å². The Labute approximate surface area is 196 Å². The zero-order valence-electron chi connectivity index (χ0n) is 17.2. The highest BCUT2D eigenvalue weighted by atomic mass is 127. The van der Waals surface area contributed by atoms with Crippen LogP contribution in [0.5, 0.6) is 0 Å². The van der Waals surface area contributed by atoms with Crippen molar-refractivity contribution in [2.24, 2.45) is 17.8 Å². The number of rotatable bonds is 3. The summed E-state index contributed by atoms with van der Waals surface area (Å²) in [7, 11) is 0. The number of fused-ring (bicyclic) bond motifs is 7. The summed E-state index contributed by atoms with van der Waals surface area (Å²) in [5.74, 6) is 2.66. The highest BCUT2D eigenvalue weighted by Gasteiger charge is 2.53. The summed E-state index contributed by atoms with van der Waals surface area (Å²) < 4.78 is 1.16. The predicted octanol–water partition coefficient (Wildman–Crippen LogP) is 6.84. The van der Waals surface area contributed by atoms with Gasteiger partial charge in [0.2, 0.25) is 0 Å². The van der Waals surface area contributed by atoms with Crippen molar-refractivity contribution in [1.29, 1.82) is 0 Å². The smallest absolute Gasteiger partial charge is 0.255 e. The van der Waals surface area contributed by atoms with Gasteiger partial charge in [0.05, 0.1) is 6.04 Å². The van der Waals surface area contributed by atoms with Crippen molar-refractivity contribution in [3.63, 3.8) is 0 Å². The van der Waals surface area contributed by atoms with Crippen LogP contribution in [0.15, 0.2) is 72.8 Å². The molecule has 0 radical (unpaired) electrons. The molecule has 2 aliphatic carbocycles. The number of amides is 1. The summed E-state index contributed by atoms with van der Waals surface area (Å²) in [6.07, 6.45) is 4.00. The van der Waals surface area contributed by atoms with Gasteiger partial charge in [0.1, 0.15) is 0 Å². The molecule has 31 heavy (non-hydrogen) atoms. The number of hydrogen-bond donors (Lipinski definition) is 2. The van der Waals surface area contributed by atoms with Crippen molar-refractivity contribution < 1.29 is 4.79 Å². The normalized spacial score (nSPS) is 27.8. The number of carbonyl (C=O) groups is 1. The number of hydrogen-bond acceptors (Lipinski definition) is 2. The lowest BCUT2D eigenvalue weighted by Crippen LogP contribution is -2.35. The van der Waals surface area contributed by atoms with Gasteiger partial charge < -0.3 is 10.6 Å². The SMILES string of the molecule is O=C(Nc1ccc(I)cc1)c1ccc2c(c1)[C@@H]1[C@H]3CC[C@@H](C3)[C@H]1[C@H](c1ccccc1)N2. The van der Waals surface area contributed by atoms with Crippen molar-refractivity contribution >= 4 is 39.9 Å². The molecule has 2 bridgehead atoms. The molecule has 6 rings (SSSR count). The molecule has 0 unspecified atom stereocenters. The maximum absolute atomic E-state index is 13.0. The third kappa shape index (κ3) is 3.36. The van der Waals surface area contributed by atoms with Gasteiger partial charge in [-0.05, 0) is 119 Å². The third-order valence-electron chi connectivity index (χ3n) is 7.61. The molecule has 5 atom stereocenters. The Hall–Kier alpha value is -2.34. The van der Waals surface area contributed by atoms with E-state index in [1.165, 1.54) is 36.1 Å². The molecule has 3 aromatic carbocycles. The molecule has 0 aromatic heterocycles. The Bertz CT molecular complexity index is 1130. The first kappa shape index (κ1) is 19.4. The highest BCUT2D eigenvalue weighted by Crippen LogP contribution is 2.63. The van der Waals surface area contributed by atoms with Crippen LogP contribution in [-0.4, -0.2) is 5.91 Å². The van der Waals surface area contributed by atoms with E-state index in [4.69, 9.17) is 0 Å². The lowest BCUT2D eigenvalue weighted by Gasteiger charge is -2.43. The lowest BCUT2D eigenvalue weighted by molar-refractivity contribution is 0.102. The van der Waals surface area contributed by atoms with Crippen molar-refractivity contribution in [3.8, 4) is 0 Å². The first-order chi connectivity index (χ1) is 15.2. The Morgan fingerprint density at radius 1 is 0.935 bits per heavy atom. The molecule has 2 N–H and O–H groups in total. The zero-order valence-corrected chi connectivity index (χ0v) is 19.4. The van der Waals surface area contributed by atoms with E-state index in [-0.39, 0.29) is 5.91 Å². The molecular formula is C27H25IN2O. The van der Waals surface area contributed by atoms with Gasteiger partial charge >= 0.3 is 0 Å². The van der Waals surface area contributed by atoms with Crippen molar-refractivity contribution in [2.45, 2.75) is 31.2 Å². The van der Waals surface area contributed by atoms with E-state index in [2.05, 4.69) is 75.7 Å². The molecular weight excluding hydrogens is 495 g/mol. The molecule has 3 aromatic rings. The average molecular weight is 520 g/mol. The summed E-state index contributed by atoms with van der Waals surface area (Å²) >= 11 is 2.27. The van der Waals surface area contributed by atoms with Crippen LogP contribution < -0.4 is 10.6 Å². The quantitative estimate of drug-likeness (QED) is 0.372. The van der Waals surface area contributed by atoms with Gasteiger partial charge in [-0.1, -0.05) is 30.3 Å². The molecule has 1 aliphatic heterocycles. The second kappa shape index (κ2) is 7.66. The van der Waals surface area contributed by atoms with Crippen molar-refractivity contribution in [3.05, 3.63) is 93.1 Å². The first-order valence-corrected chi connectivity index (χ1v) is 12.3. The number of anilines is 2. The van der Waals surface area contributed by atoms with E-state index in [0.29, 0.717) is 17.9 Å². The van der Waals surface area contributed by atoms with E-state index in [1.54, 1.807) is 0 Å². The van der Waals surface area contributed by atoms with E-state index >= 15 is 0 Å². The number of halogens is 1. The van der Waals surface area contributed by atoms with Crippen molar-refractivity contribution in [2.75, 3.05) is 10.6 Å². The van der Waals surface area contributed by atoms with Crippen LogP contribution >= 0.6 is 22.6 Å². The summed E-state index contributed by atoms with van der Waals surface area (Å²) in [6.45, 7) is 0. The molecule has 0 spiro atoms. The molecule has 4 heteroatoms. The number of carbonyl (C=O) groups excluding carboxylic acids is 1. The summed E-state index contributed by atoms with van der Waals surface area (Å²) in [5.41, 5.74) is 5.52. The lowest BCUT2D eigenvalue weighted by atomic mass is 9.68. The van der Waals surface area contributed by atoms with E-state index in [1.807, 2.05) is 30.3 Å². The van der Waals surface area contributed by atoms with Gasteiger partial charge in [-0.25, -0.2) is 0 Å². The van der Waals surface area contributed by atoms with Gasteiger partial charge in [0.15, 0.2) is 0 Å². The van der Waals surface area contributed by atoms with Gasteiger partial charge in [0.25, 0.3) is 5.91 Å². The Morgan fingerprint density at radius 2 is 1.71 bits per heavy atom. The Morgan fingerprint density at radius 3 is 2.52 bits per heavy atom. The Kier molecular flexibility index (Phi) is 4.78. The number of nitrogens with one attached hydrogen (secondary N) is 2. The summed E-state index contributed by atoms with van der Waals surface area (Å²) in [5, 5.41) is 6.92. The molecule has 2 saturated carbocycles. The monoisotopic (exact) mass is 520 g/mol. The topological polar surface area (TPSA) is 41.1 Å². The molecule has 0 saturated heterocycles. The van der Waals surface area contributed by atoms with Gasteiger partial charge in [-0.3, -0.25) is 4.79 Å². The van der Waals surface area contributed by atoms with Crippen LogP contribution in [-0.2, 0) is 0 Å². The van der Waals surface area contributed by atoms with Gasteiger partial charge in [-0.2, -0.15) is 0 Å². The van der Waals surface area contributed by atoms with E-state index in [9.17, 15) is 4.79 Å².